The molecule has 0 aliphatic rings. The van der Waals surface area contributed by atoms with Gasteiger partial charge in [-0.15, -0.1) is 0 Å². The topological polar surface area (TPSA) is 71.9 Å². The molecule has 158 valence electrons. The number of ketones is 1. The largest absolute Gasteiger partial charge is 0.464 e. The third kappa shape index (κ3) is 5.67. The van der Waals surface area contributed by atoms with Gasteiger partial charge in [-0.1, -0.05) is 13.8 Å². The molecule has 0 fully saturated rings. The van der Waals surface area contributed by atoms with Crippen LogP contribution < -0.4 is 0 Å². The average molecular weight is 394 g/mol. The number of Topliss-reactive ketones (excluding diaryl/α,β-unsaturated/α-hetero) is 1. The van der Waals surface area contributed by atoms with Crippen molar-refractivity contribution < 1.29 is 19.1 Å². The third-order valence-electron chi connectivity index (χ3n) is 4.83. The standard InChI is InChI=1S/C21H35N3O4/c1-9-24-16(5)19(15(4)20(24)21(27)28-8)17(25)13-23(11-10-22(6)7)18(26)12-14(2)3/h14H,9-13H2,1-8H3. The zero-order chi connectivity index (χ0) is 21.6. The van der Waals surface area contributed by atoms with Crippen molar-refractivity contribution in [1.82, 2.24) is 14.4 Å². The smallest absolute Gasteiger partial charge is 0.354 e. The second-order valence-corrected chi connectivity index (χ2v) is 7.81. The highest BCUT2D eigenvalue weighted by Gasteiger charge is 2.28. The van der Waals surface area contributed by atoms with Crippen molar-refractivity contribution in [3.05, 3.63) is 22.5 Å². The van der Waals surface area contributed by atoms with Crippen molar-refractivity contribution in [2.45, 2.75) is 47.6 Å². The van der Waals surface area contributed by atoms with Gasteiger partial charge >= 0.3 is 5.97 Å². The predicted molar refractivity (Wildman–Crippen MR) is 110 cm³/mol. The molecule has 1 heterocycles. The summed E-state index contributed by atoms with van der Waals surface area (Å²) in [5.74, 6) is -0.409. The molecular weight excluding hydrogens is 358 g/mol. The number of nitrogens with zero attached hydrogens (tertiary/aromatic N) is 3. The number of aromatic nitrogens is 1. The number of methoxy groups -OCH3 is 1. The van der Waals surface area contributed by atoms with Crippen molar-refractivity contribution in [3.63, 3.8) is 0 Å². The monoisotopic (exact) mass is 393 g/mol. The summed E-state index contributed by atoms with van der Waals surface area (Å²) in [6.07, 6.45) is 0.405. The molecule has 0 aromatic carbocycles. The Balaban J connectivity index is 3.21. The number of ether oxygens (including phenoxy) is 1. The number of esters is 1. The highest BCUT2D eigenvalue weighted by molar-refractivity contribution is 6.04. The van der Waals surface area contributed by atoms with Crippen LogP contribution in [0.15, 0.2) is 0 Å². The summed E-state index contributed by atoms with van der Waals surface area (Å²) < 4.78 is 6.69. The van der Waals surface area contributed by atoms with Gasteiger partial charge in [0, 0.05) is 37.3 Å². The van der Waals surface area contributed by atoms with Crippen LogP contribution in [0.4, 0.5) is 0 Å². The van der Waals surface area contributed by atoms with Crippen LogP contribution in [-0.2, 0) is 16.1 Å². The Morgan fingerprint density at radius 2 is 1.71 bits per heavy atom. The zero-order valence-corrected chi connectivity index (χ0v) is 18.6. The van der Waals surface area contributed by atoms with Gasteiger partial charge in [0.25, 0.3) is 0 Å². The summed E-state index contributed by atoms with van der Waals surface area (Å²) >= 11 is 0. The van der Waals surface area contributed by atoms with Crippen molar-refractivity contribution in [1.29, 1.82) is 0 Å². The molecule has 0 N–H and O–H groups in total. The number of likely N-dealkylation sites (N-methyl/N-ethyl adjacent to an activating group) is 1. The number of amides is 1. The molecule has 0 unspecified atom stereocenters. The lowest BCUT2D eigenvalue weighted by Gasteiger charge is -2.25. The molecular formula is C21H35N3O4. The fourth-order valence-corrected chi connectivity index (χ4v) is 3.40. The van der Waals surface area contributed by atoms with E-state index in [-0.39, 0.29) is 24.2 Å². The minimum Gasteiger partial charge on any atom is -0.464 e. The first-order valence-electron chi connectivity index (χ1n) is 9.78. The first-order chi connectivity index (χ1) is 13.0. The molecule has 1 aromatic heterocycles. The third-order valence-corrected chi connectivity index (χ3v) is 4.83. The summed E-state index contributed by atoms with van der Waals surface area (Å²) in [6.45, 7) is 11.2. The van der Waals surface area contributed by atoms with Crippen LogP contribution in [0.5, 0.6) is 0 Å². The minimum absolute atomic E-state index is 0.00934. The Morgan fingerprint density at radius 3 is 2.18 bits per heavy atom. The quantitative estimate of drug-likeness (QED) is 0.451. The van der Waals surface area contributed by atoms with Crippen LogP contribution in [0.3, 0.4) is 0 Å². The van der Waals surface area contributed by atoms with Crippen LogP contribution in [0, 0.1) is 19.8 Å². The van der Waals surface area contributed by atoms with Crippen LogP contribution in [0.25, 0.3) is 0 Å². The maximum Gasteiger partial charge on any atom is 0.354 e. The molecule has 0 saturated heterocycles. The van der Waals surface area contributed by atoms with E-state index in [0.29, 0.717) is 42.9 Å². The van der Waals surface area contributed by atoms with Gasteiger partial charge in [-0.05, 0) is 46.3 Å². The maximum absolute atomic E-state index is 13.2. The van der Waals surface area contributed by atoms with Gasteiger partial charge in [-0.25, -0.2) is 4.79 Å². The van der Waals surface area contributed by atoms with E-state index < -0.39 is 5.97 Å². The lowest BCUT2D eigenvalue weighted by Crippen LogP contribution is -2.40. The van der Waals surface area contributed by atoms with Crippen LogP contribution in [-0.4, -0.2) is 72.9 Å². The van der Waals surface area contributed by atoms with Gasteiger partial charge in [0.05, 0.1) is 13.7 Å². The van der Waals surface area contributed by atoms with E-state index in [1.807, 2.05) is 46.7 Å². The average Bonchev–Trinajstić information content (AvgIpc) is 2.86. The van der Waals surface area contributed by atoms with Gasteiger partial charge in [-0.2, -0.15) is 0 Å². The van der Waals surface area contributed by atoms with Crippen LogP contribution in [0.1, 0.15) is 59.3 Å². The summed E-state index contributed by atoms with van der Waals surface area (Å²) in [6, 6.07) is 0. The molecule has 7 nitrogen and oxygen atoms in total. The summed E-state index contributed by atoms with van der Waals surface area (Å²) in [5, 5.41) is 0. The molecule has 1 aromatic rings. The van der Waals surface area contributed by atoms with E-state index >= 15 is 0 Å². The van der Waals surface area contributed by atoms with E-state index in [1.165, 1.54) is 7.11 Å². The Labute approximate surface area is 168 Å². The molecule has 0 atom stereocenters. The van der Waals surface area contributed by atoms with E-state index in [1.54, 1.807) is 16.4 Å². The Hall–Kier alpha value is -2.15. The van der Waals surface area contributed by atoms with Gasteiger partial charge in [0.2, 0.25) is 5.91 Å². The number of hydrogen-bond donors (Lipinski definition) is 0. The normalized spacial score (nSPS) is 11.2. The fraction of sp³-hybridized carbons (Fsp3) is 0.667. The number of carbonyl (C=O) groups is 3. The number of hydrogen-bond acceptors (Lipinski definition) is 5. The summed E-state index contributed by atoms with van der Waals surface area (Å²) in [4.78, 5) is 41.6. The number of rotatable bonds is 10. The van der Waals surface area contributed by atoms with Gasteiger partial charge in [-0.3, -0.25) is 9.59 Å². The molecule has 7 heteroatoms. The molecule has 28 heavy (non-hydrogen) atoms. The van der Waals surface area contributed by atoms with Crippen molar-refractivity contribution in [3.8, 4) is 0 Å². The van der Waals surface area contributed by atoms with Gasteiger partial charge in [0.1, 0.15) is 5.69 Å². The van der Waals surface area contributed by atoms with E-state index in [2.05, 4.69) is 0 Å². The van der Waals surface area contributed by atoms with E-state index in [9.17, 15) is 14.4 Å². The molecule has 0 radical (unpaired) electrons. The Kier molecular flexibility index (Phi) is 8.88. The van der Waals surface area contributed by atoms with Gasteiger partial charge < -0.3 is 19.1 Å². The SMILES string of the molecule is CCn1c(C)c(C(=O)CN(CCN(C)C)C(=O)CC(C)C)c(C)c1C(=O)OC. The second kappa shape index (κ2) is 10.4. The van der Waals surface area contributed by atoms with E-state index in [0.717, 1.165) is 5.69 Å². The lowest BCUT2D eigenvalue weighted by atomic mass is 10.0. The number of carbonyl (C=O) groups excluding carboxylic acids is 3. The van der Waals surface area contributed by atoms with Crippen LogP contribution in [0.2, 0.25) is 0 Å². The Morgan fingerprint density at radius 1 is 1.11 bits per heavy atom. The maximum atomic E-state index is 13.2. The fourth-order valence-electron chi connectivity index (χ4n) is 3.40. The molecule has 0 aliphatic heterocycles. The Bertz CT molecular complexity index is 720. The predicted octanol–water partition coefficient (Wildman–Crippen LogP) is 2.53. The van der Waals surface area contributed by atoms with Crippen LogP contribution >= 0.6 is 0 Å². The summed E-state index contributed by atoms with van der Waals surface area (Å²) in [5.41, 5.74) is 2.25. The highest BCUT2D eigenvalue weighted by atomic mass is 16.5. The van der Waals surface area contributed by atoms with Crippen molar-refractivity contribution in [2.75, 3.05) is 40.8 Å². The second-order valence-electron chi connectivity index (χ2n) is 7.81. The van der Waals surface area contributed by atoms with Crippen molar-refractivity contribution in [2.24, 2.45) is 5.92 Å². The van der Waals surface area contributed by atoms with Gasteiger partial charge in [0.15, 0.2) is 5.78 Å². The zero-order valence-electron chi connectivity index (χ0n) is 18.6. The summed E-state index contributed by atoms with van der Waals surface area (Å²) in [7, 11) is 5.20. The molecule has 0 spiro atoms. The molecule has 0 aliphatic carbocycles. The van der Waals surface area contributed by atoms with Crippen molar-refractivity contribution >= 4 is 17.7 Å². The van der Waals surface area contributed by atoms with E-state index in [4.69, 9.17) is 4.74 Å². The first kappa shape index (κ1) is 23.9. The molecule has 0 saturated carbocycles. The molecule has 1 amide bonds. The highest BCUT2D eigenvalue weighted by Crippen LogP contribution is 2.24. The molecule has 1 rings (SSSR count). The first-order valence-corrected chi connectivity index (χ1v) is 9.78. The molecule has 0 bridgehead atoms. The minimum atomic E-state index is -0.457. The lowest BCUT2D eigenvalue weighted by molar-refractivity contribution is -0.131.